The summed E-state index contributed by atoms with van der Waals surface area (Å²) in [5.41, 5.74) is 2.86. The van der Waals surface area contributed by atoms with Gasteiger partial charge in [0.1, 0.15) is 6.04 Å². The second kappa shape index (κ2) is 6.44. The Morgan fingerprint density at radius 2 is 2.00 bits per heavy atom. The molecule has 1 saturated heterocycles. The number of imide groups is 1. The van der Waals surface area contributed by atoms with Crippen molar-refractivity contribution in [3.63, 3.8) is 0 Å². The molecule has 5 rings (SSSR count). The standard InChI is InChI=1S/C21H25N3O3/c25-19-6-5-18(20(26)23-19)24-11-15-8-13(2-4-16(15)21(24)27)10-22-17-9-12-1-3-14(17)7-12/h2,4,8,12,14,17-18,22H,1,3,5-7,9-11H2,(H,23,25,26)/t12-,14+,17+,18?/m0/s1. The number of rotatable bonds is 4. The summed E-state index contributed by atoms with van der Waals surface area (Å²) in [5, 5.41) is 6.07. The smallest absolute Gasteiger partial charge is 0.255 e. The van der Waals surface area contributed by atoms with Gasteiger partial charge in [-0.15, -0.1) is 0 Å². The Bertz CT molecular complexity index is 821. The van der Waals surface area contributed by atoms with Crippen molar-refractivity contribution in [3.8, 4) is 0 Å². The Morgan fingerprint density at radius 1 is 1.11 bits per heavy atom. The molecule has 2 bridgehead atoms. The second-order valence-corrected chi connectivity index (χ2v) is 8.55. The van der Waals surface area contributed by atoms with E-state index in [4.69, 9.17) is 0 Å². The van der Waals surface area contributed by atoms with Crippen LogP contribution >= 0.6 is 0 Å². The molecule has 4 aliphatic rings. The van der Waals surface area contributed by atoms with Gasteiger partial charge in [0.15, 0.2) is 0 Å². The van der Waals surface area contributed by atoms with Crippen molar-refractivity contribution < 1.29 is 14.4 Å². The third kappa shape index (κ3) is 2.96. The summed E-state index contributed by atoms with van der Waals surface area (Å²) in [5.74, 6) is 1.05. The molecule has 4 atom stereocenters. The number of benzene rings is 1. The molecule has 1 aromatic rings. The third-order valence-corrected chi connectivity index (χ3v) is 6.89. The summed E-state index contributed by atoms with van der Waals surface area (Å²) in [6.45, 7) is 1.27. The molecule has 0 aromatic heterocycles. The molecule has 2 saturated carbocycles. The molecule has 1 aromatic carbocycles. The quantitative estimate of drug-likeness (QED) is 0.795. The molecule has 0 spiro atoms. The van der Waals surface area contributed by atoms with Gasteiger partial charge >= 0.3 is 0 Å². The lowest BCUT2D eigenvalue weighted by Crippen LogP contribution is -2.52. The lowest BCUT2D eigenvalue weighted by atomic mass is 9.95. The van der Waals surface area contributed by atoms with E-state index in [0.29, 0.717) is 24.6 Å². The van der Waals surface area contributed by atoms with Crippen LogP contribution < -0.4 is 10.6 Å². The molecular formula is C21H25N3O3. The van der Waals surface area contributed by atoms with Gasteiger partial charge < -0.3 is 10.2 Å². The Morgan fingerprint density at radius 3 is 2.74 bits per heavy atom. The minimum atomic E-state index is -0.543. The minimum absolute atomic E-state index is 0.105. The van der Waals surface area contributed by atoms with E-state index in [-0.39, 0.29) is 24.1 Å². The zero-order valence-electron chi connectivity index (χ0n) is 15.4. The predicted molar refractivity (Wildman–Crippen MR) is 98.6 cm³/mol. The molecular weight excluding hydrogens is 342 g/mol. The van der Waals surface area contributed by atoms with Crippen LogP contribution in [0.25, 0.3) is 0 Å². The highest BCUT2D eigenvalue weighted by Crippen LogP contribution is 2.44. The van der Waals surface area contributed by atoms with E-state index < -0.39 is 6.04 Å². The van der Waals surface area contributed by atoms with Crippen LogP contribution in [0.15, 0.2) is 18.2 Å². The number of carbonyl (C=O) groups excluding carboxylic acids is 3. The van der Waals surface area contributed by atoms with E-state index >= 15 is 0 Å². The van der Waals surface area contributed by atoms with E-state index in [2.05, 4.69) is 16.7 Å². The Labute approximate surface area is 158 Å². The fraction of sp³-hybridized carbons (Fsp3) is 0.571. The zero-order chi connectivity index (χ0) is 18.5. The van der Waals surface area contributed by atoms with Gasteiger partial charge in [-0.1, -0.05) is 18.6 Å². The first-order valence-corrected chi connectivity index (χ1v) is 10.1. The largest absolute Gasteiger partial charge is 0.322 e. The maximum absolute atomic E-state index is 12.7. The summed E-state index contributed by atoms with van der Waals surface area (Å²) in [6.07, 6.45) is 6.15. The van der Waals surface area contributed by atoms with Crippen LogP contribution in [-0.4, -0.2) is 34.7 Å². The normalized spacial score (nSPS) is 32.1. The molecule has 0 radical (unpaired) electrons. The second-order valence-electron chi connectivity index (χ2n) is 8.55. The molecule has 2 heterocycles. The number of hydrogen-bond donors (Lipinski definition) is 2. The highest BCUT2D eigenvalue weighted by molar-refractivity contribution is 6.05. The number of carbonyl (C=O) groups is 3. The third-order valence-electron chi connectivity index (χ3n) is 6.89. The molecule has 2 aliphatic heterocycles. The van der Waals surface area contributed by atoms with Crippen LogP contribution in [0.4, 0.5) is 0 Å². The Kier molecular flexibility index (Phi) is 4.04. The molecule has 3 fully saturated rings. The van der Waals surface area contributed by atoms with Crippen molar-refractivity contribution >= 4 is 17.7 Å². The zero-order valence-corrected chi connectivity index (χ0v) is 15.4. The molecule has 6 heteroatoms. The van der Waals surface area contributed by atoms with Gasteiger partial charge in [-0.25, -0.2) is 0 Å². The maximum atomic E-state index is 12.7. The van der Waals surface area contributed by atoms with Gasteiger partial charge in [0.2, 0.25) is 11.8 Å². The molecule has 3 amide bonds. The number of hydrogen-bond acceptors (Lipinski definition) is 4. The molecule has 6 nitrogen and oxygen atoms in total. The minimum Gasteiger partial charge on any atom is -0.322 e. The van der Waals surface area contributed by atoms with Crippen LogP contribution in [0.2, 0.25) is 0 Å². The summed E-state index contributed by atoms with van der Waals surface area (Å²) < 4.78 is 0. The van der Waals surface area contributed by atoms with Crippen LogP contribution in [0.1, 0.15) is 60.0 Å². The predicted octanol–water partition coefficient (Wildman–Crippen LogP) is 1.73. The first kappa shape index (κ1) is 16.9. The van der Waals surface area contributed by atoms with E-state index in [1.165, 1.54) is 31.2 Å². The van der Waals surface area contributed by atoms with Crippen molar-refractivity contribution in [2.75, 3.05) is 0 Å². The maximum Gasteiger partial charge on any atom is 0.255 e. The van der Waals surface area contributed by atoms with Gasteiger partial charge in [0.05, 0.1) is 0 Å². The molecule has 2 aliphatic carbocycles. The van der Waals surface area contributed by atoms with Crippen LogP contribution in [0, 0.1) is 11.8 Å². The molecule has 1 unspecified atom stereocenters. The van der Waals surface area contributed by atoms with Crippen LogP contribution in [-0.2, 0) is 22.7 Å². The average Bonchev–Trinajstić information content (AvgIpc) is 3.35. The van der Waals surface area contributed by atoms with Gasteiger partial charge in [0.25, 0.3) is 5.91 Å². The van der Waals surface area contributed by atoms with Crippen molar-refractivity contribution in [3.05, 3.63) is 34.9 Å². The fourth-order valence-electron chi connectivity index (χ4n) is 5.48. The highest BCUT2D eigenvalue weighted by atomic mass is 16.2. The first-order valence-electron chi connectivity index (χ1n) is 10.1. The first-order chi connectivity index (χ1) is 13.1. The van der Waals surface area contributed by atoms with E-state index in [1.54, 1.807) is 4.90 Å². The number of fused-ring (bicyclic) bond motifs is 3. The highest BCUT2D eigenvalue weighted by Gasteiger charge is 2.40. The number of piperidine rings is 1. The number of nitrogens with zero attached hydrogens (tertiary/aromatic N) is 1. The van der Waals surface area contributed by atoms with Gasteiger partial charge in [-0.2, -0.15) is 0 Å². The van der Waals surface area contributed by atoms with Crippen molar-refractivity contribution in [2.45, 2.75) is 63.7 Å². The van der Waals surface area contributed by atoms with Crippen molar-refractivity contribution in [1.82, 2.24) is 15.5 Å². The summed E-state index contributed by atoms with van der Waals surface area (Å²) in [4.78, 5) is 37.8. The summed E-state index contributed by atoms with van der Waals surface area (Å²) in [6, 6.07) is 6.10. The van der Waals surface area contributed by atoms with Crippen LogP contribution in [0.5, 0.6) is 0 Å². The summed E-state index contributed by atoms with van der Waals surface area (Å²) >= 11 is 0. The average molecular weight is 367 g/mol. The van der Waals surface area contributed by atoms with E-state index in [0.717, 1.165) is 23.9 Å². The van der Waals surface area contributed by atoms with E-state index in [1.807, 2.05) is 12.1 Å². The molecule has 142 valence electrons. The Balaban J connectivity index is 1.26. The van der Waals surface area contributed by atoms with Gasteiger partial charge in [0, 0.05) is 31.1 Å². The lowest BCUT2D eigenvalue weighted by molar-refractivity contribution is -0.136. The van der Waals surface area contributed by atoms with Gasteiger partial charge in [-0.3, -0.25) is 19.7 Å². The number of nitrogens with one attached hydrogen (secondary N) is 2. The van der Waals surface area contributed by atoms with Crippen LogP contribution in [0.3, 0.4) is 0 Å². The van der Waals surface area contributed by atoms with Crippen molar-refractivity contribution in [2.24, 2.45) is 11.8 Å². The SMILES string of the molecule is O=C1CCC(N2Cc3cc(CN[C@@H]4C[C@H]5CC[C@@H]4C5)ccc3C2=O)C(=O)N1. The molecule has 27 heavy (non-hydrogen) atoms. The van der Waals surface area contributed by atoms with E-state index in [9.17, 15) is 14.4 Å². The topological polar surface area (TPSA) is 78.5 Å². The monoisotopic (exact) mass is 367 g/mol. The number of amides is 3. The van der Waals surface area contributed by atoms with Gasteiger partial charge in [-0.05, 0) is 54.7 Å². The summed E-state index contributed by atoms with van der Waals surface area (Å²) in [7, 11) is 0. The lowest BCUT2D eigenvalue weighted by Gasteiger charge is -2.29. The fourth-order valence-corrected chi connectivity index (χ4v) is 5.48. The van der Waals surface area contributed by atoms with Crippen molar-refractivity contribution in [1.29, 1.82) is 0 Å². The molecule has 2 N–H and O–H groups in total. The Hall–Kier alpha value is -2.21.